The summed E-state index contributed by atoms with van der Waals surface area (Å²) in [6, 6.07) is 6.77. The Kier molecular flexibility index (Phi) is 4.64. The molecule has 6 rings (SSSR count). The van der Waals surface area contributed by atoms with Crippen molar-refractivity contribution >= 4 is 64.2 Å². The maximum atomic E-state index is 13.2. The number of nitrogens with one attached hydrogen (secondary N) is 2. The van der Waals surface area contributed by atoms with Gasteiger partial charge >= 0.3 is 4.87 Å². The van der Waals surface area contributed by atoms with Gasteiger partial charge in [-0.05, 0) is 48.6 Å². The van der Waals surface area contributed by atoms with E-state index >= 15 is 0 Å². The van der Waals surface area contributed by atoms with Crippen LogP contribution in [0.15, 0.2) is 39.7 Å². The highest BCUT2D eigenvalue weighted by Crippen LogP contribution is 2.64. The molecule has 0 unspecified atom stereocenters. The number of nitrogens with zero attached hydrogens (tertiary/aromatic N) is 1. The van der Waals surface area contributed by atoms with Crippen molar-refractivity contribution in [3.63, 3.8) is 0 Å². The smallest absolute Gasteiger partial charge is 0.305 e. The van der Waals surface area contributed by atoms with Crippen molar-refractivity contribution in [2.24, 2.45) is 23.7 Å². The Labute approximate surface area is 196 Å². The Bertz CT molecular complexity index is 1250. The molecule has 1 saturated heterocycles. The zero-order valence-electron chi connectivity index (χ0n) is 16.7. The van der Waals surface area contributed by atoms with Crippen molar-refractivity contribution in [2.45, 2.75) is 23.1 Å². The Morgan fingerprint density at radius 3 is 2.69 bits per heavy atom. The molecule has 1 aromatic heterocycles. The largest absolute Gasteiger partial charge is 0.326 e. The summed E-state index contributed by atoms with van der Waals surface area (Å²) in [6.45, 7) is 0.0844. The summed E-state index contributed by atoms with van der Waals surface area (Å²) in [6.07, 6.45) is 2.94. The van der Waals surface area contributed by atoms with Gasteiger partial charge in [0.05, 0.1) is 21.7 Å². The zero-order valence-corrected chi connectivity index (χ0v) is 19.1. The number of anilines is 1. The minimum atomic E-state index is -0.341. The Morgan fingerprint density at radius 2 is 1.91 bits per heavy atom. The second-order valence-electron chi connectivity index (χ2n) is 8.58. The monoisotopic (exact) mass is 487 g/mol. The summed E-state index contributed by atoms with van der Waals surface area (Å²) in [4.78, 5) is 55.5. The molecule has 2 aromatic rings. The first kappa shape index (κ1) is 20.3. The summed E-state index contributed by atoms with van der Waals surface area (Å²) < 4.78 is 0. The molecule has 3 fully saturated rings. The van der Waals surface area contributed by atoms with Crippen LogP contribution in [0.3, 0.4) is 0 Å². The summed E-state index contributed by atoms with van der Waals surface area (Å²) >= 11 is 8.66. The number of hydrogen-bond donors (Lipinski definition) is 2. The fourth-order valence-electron chi connectivity index (χ4n) is 5.67. The predicted octanol–water partition coefficient (Wildman–Crippen LogP) is 3.23. The van der Waals surface area contributed by atoms with E-state index in [2.05, 4.69) is 16.4 Å². The van der Waals surface area contributed by atoms with Crippen LogP contribution in [-0.4, -0.2) is 39.4 Å². The molecule has 3 heterocycles. The number of hydrogen-bond acceptors (Lipinski definition) is 6. The second-order valence-corrected chi connectivity index (χ2v) is 11.2. The van der Waals surface area contributed by atoms with Gasteiger partial charge in [0.25, 0.3) is 0 Å². The summed E-state index contributed by atoms with van der Waals surface area (Å²) in [5.74, 6) is -1.12. The second kappa shape index (κ2) is 7.33. The van der Waals surface area contributed by atoms with E-state index in [1.54, 1.807) is 36.0 Å². The molecule has 2 aliphatic carbocycles. The molecule has 2 aliphatic heterocycles. The normalized spacial score (nSPS) is 29.6. The third-order valence-corrected chi connectivity index (χ3v) is 9.57. The number of likely N-dealkylation sites (tertiary alicyclic amines) is 1. The molecule has 4 aliphatic rings. The number of amides is 3. The van der Waals surface area contributed by atoms with Crippen molar-refractivity contribution in [1.82, 2.24) is 9.88 Å². The number of carbonyl (C=O) groups is 3. The SMILES string of the molecule is O=C(CCN1C(=O)[C@@H]2[C@@H](C1=O)[C@H]1C[C@@H]2C2=Cc3sc(=O)[nH]c3S[C@H]21)Nc1ccc(Cl)cc1. The molecule has 2 bridgehead atoms. The highest BCUT2D eigenvalue weighted by atomic mass is 35.5. The van der Waals surface area contributed by atoms with Crippen LogP contribution in [0.5, 0.6) is 0 Å². The van der Waals surface area contributed by atoms with Crippen LogP contribution < -0.4 is 10.2 Å². The predicted molar refractivity (Wildman–Crippen MR) is 123 cm³/mol. The van der Waals surface area contributed by atoms with Gasteiger partial charge in [-0.15, -0.1) is 0 Å². The van der Waals surface area contributed by atoms with Gasteiger partial charge in [-0.3, -0.25) is 24.1 Å². The number of rotatable bonds is 4. The van der Waals surface area contributed by atoms with Gasteiger partial charge in [0, 0.05) is 28.9 Å². The van der Waals surface area contributed by atoms with Gasteiger partial charge in [-0.25, -0.2) is 0 Å². The number of halogens is 1. The van der Waals surface area contributed by atoms with Crippen LogP contribution in [0.1, 0.15) is 17.7 Å². The molecule has 1 aromatic carbocycles. The van der Waals surface area contributed by atoms with E-state index in [0.29, 0.717) is 10.7 Å². The first-order valence-electron chi connectivity index (χ1n) is 10.4. The van der Waals surface area contributed by atoms with E-state index in [9.17, 15) is 19.2 Å². The molecule has 2 N–H and O–H groups in total. The maximum Gasteiger partial charge on any atom is 0.305 e. The average Bonchev–Trinajstić information content (AvgIpc) is 3.47. The highest BCUT2D eigenvalue weighted by molar-refractivity contribution is 8.00. The van der Waals surface area contributed by atoms with Gasteiger partial charge < -0.3 is 10.3 Å². The molecule has 3 amide bonds. The molecular formula is C22H18ClN3O4S2. The lowest BCUT2D eigenvalue weighted by Crippen LogP contribution is -2.35. The molecule has 10 heteroatoms. The number of thiazole rings is 1. The number of aromatic nitrogens is 1. The average molecular weight is 488 g/mol. The number of aromatic amines is 1. The van der Waals surface area contributed by atoms with Crippen molar-refractivity contribution in [3.8, 4) is 0 Å². The van der Waals surface area contributed by atoms with E-state index < -0.39 is 0 Å². The van der Waals surface area contributed by atoms with Crippen LogP contribution in [-0.2, 0) is 14.4 Å². The fourth-order valence-corrected chi connectivity index (χ4v) is 8.24. The van der Waals surface area contributed by atoms with Gasteiger partial charge in [0.2, 0.25) is 17.7 Å². The van der Waals surface area contributed by atoms with Crippen LogP contribution in [0.2, 0.25) is 5.02 Å². The van der Waals surface area contributed by atoms with Crippen molar-refractivity contribution in [2.75, 3.05) is 11.9 Å². The van der Waals surface area contributed by atoms with E-state index in [1.807, 2.05) is 0 Å². The number of fused-ring (bicyclic) bond motifs is 9. The van der Waals surface area contributed by atoms with Gasteiger partial charge in [-0.2, -0.15) is 0 Å². The Balaban J connectivity index is 1.17. The van der Waals surface area contributed by atoms with E-state index in [1.165, 1.54) is 21.8 Å². The van der Waals surface area contributed by atoms with Gasteiger partial charge in [-0.1, -0.05) is 40.3 Å². The van der Waals surface area contributed by atoms with E-state index in [-0.39, 0.29) is 64.5 Å². The molecule has 0 spiro atoms. The molecule has 2 saturated carbocycles. The van der Waals surface area contributed by atoms with Crippen LogP contribution in [0.25, 0.3) is 6.08 Å². The van der Waals surface area contributed by atoms with Gasteiger partial charge in [0.1, 0.15) is 0 Å². The zero-order chi connectivity index (χ0) is 22.1. The lowest BCUT2D eigenvalue weighted by molar-refractivity contribution is -0.140. The standard InChI is InChI=1S/C22H18ClN3O4S2/c23-9-1-3-10(4-2-9)24-15(27)5-6-26-20(28)16-11-7-13(17(16)21(26)29)18-12(11)8-14-19(32-18)25-22(30)31-14/h1-4,8,11,13,16-18H,5-7H2,(H,24,27)(H,25,30)/t11-,13-,16+,17+,18-/m1/s1. The summed E-state index contributed by atoms with van der Waals surface area (Å²) in [5.41, 5.74) is 1.81. The minimum absolute atomic E-state index is 0.0391. The van der Waals surface area contributed by atoms with E-state index in [4.69, 9.17) is 11.6 Å². The number of carbonyl (C=O) groups excluding carboxylic acids is 3. The third kappa shape index (κ3) is 3.02. The van der Waals surface area contributed by atoms with Crippen molar-refractivity contribution < 1.29 is 14.4 Å². The van der Waals surface area contributed by atoms with E-state index in [0.717, 1.165) is 16.3 Å². The van der Waals surface area contributed by atoms with Crippen LogP contribution >= 0.6 is 34.7 Å². The molecular weight excluding hydrogens is 470 g/mol. The fraction of sp³-hybridized carbons (Fsp3) is 0.364. The molecule has 0 radical (unpaired) electrons. The summed E-state index contributed by atoms with van der Waals surface area (Å²) in [5, 5.41) is 4.34. The number of imide groups is 1. The number of thioether (sulfide) groups is 1. The lowest BCUT2D eigenvalue weighted by atomic mass is 9.77. The molecule has 32 heavy (non-hydrogen) atoms. The van der Waals surface area contributed by atoms with Crippen LogP contribution in [0.4, 0.5) is 5.69 Å². The first-order valence-corrected chi connectivity index (χ1v) is 12.5. The molecule has 164 valence electrons. The summed E-state index contributed by atoms with van der Waals surface area (Å²) in [7, 11) is 0. The third-order valence-electron chi connectivity index (χ3n) is 6.93. The molecule has 7 nitrogen and oxygen atoms in total. The van der Waals surface area contributed by atoms with Crippen LogP contribution in [0, 0.1) is 23.7 Å². The topological polar surface area (TPSA) is 99.3 Å². The lowest BCUT2D eigenvalue weighted by Gasteiger charge is -2.32. The first-order chi connectivity index (χ1) is 15.4. The number of H-pyrrole nitrogens is 1. The quantitative estimate of drug-likeness (QED) is 0.645. The maximum absolute atomic E-state index is 13.2. The van der Waals surface area contributed by atoms with Crippen molar-refractivity contribution in [3.05, 3.63) is 49.4 Å². The Hall–Kier alpha value is -2.36. The van der Waals surface area contributed by atoms with Gasteiger partial charge in [0.15, 0.2) is 0 Å². The highest BCUT2D eigenvalue weighted by Gasteiger charge is 2.66. The Morgan fingerprint density at radius 1 is 1.16 bits per heavy atom. The van der Waals surface area contributed by atoms with Crippen molar-refractivity contribution in [1.29, 1.82) is 0 Å². The minimum Gasteiger partial charge on any atom is -0.326 e. The molecule has 5 atom stereocenters. The number of benzene rings is 1.